The standard InChI is InChI=1S/C26H30FN3O4/c1-3-34-26(32)18-11-13-29(14-12-18)17-25(31)30-23(19-7-6-8-20(27)15-19)16-22(28-30)21-9-4-5-10-24(21)33-2/h4-10,15,18,23H,3,11-14,16-17H2,1-2H3/t23-/m1/s1. The van der Waals surface area contributed by atoms with Gasteiger partial charge in [-0.3, -0.25) is 14.5 Å². The highest BCUT2D eigenvalue weighted by molar-refractivity contribution is 6.05. The fraction of sp³-hybridized carbons (Fsp3) is 0.423. The molecule has 2 aromatic carbocycles. The van der Waals surface area contributed by atoms with Gasteiger partial charge in [-0.05, 0) is 62.7 Å². The molecule has 0 aliphatic carbocycles. The highest BCUT2D eigenvalue weighted by Crippen LogP contribution is 2.35. The predicted molar refractivity (Wildman–Crippen MR) is 126 cm³/mol. The lowest BCUT2D eigenvalue weighted by Crippen LogP contribution is -2.43. The van der Waals surface area contributed by atoms with Gasteiger partial charge in [0.05, 0.1) is 37.9 Å². The number of hydrogen-bond donors (Lipinski definition) is 0. The van der Waals surface area contributed by atoms with Gasteiger partial charge in [0.2, 0.25) is 0 Å². The van der Waals surface area contributed by atoms with Crippen molar-refractivity contribution in [3.05, 3.63) is 65.5 Å². The molecule has 8 heteroatoms. The maximum atomic E-state index is 14.0. The second-order valence-electron chi connectivity index (χ2n) is 8.56. The van der Waals surface area contributed by atoms with Crippen LogP contribution >= 0.6 is 0 Å². The molecule has 180 valence electrons. The van der Waals surface area contributed by atoms with Crippen LogP contribution in [0.1, 0.15) is 43.4 Å². The molecular weight excluding hydrogens is 437 g/mol. The first-order chi connectivity index (χ1) is 16.5. The third-order valence-electron chi connectivity index (χ3n) is 6.38. The van der Waals surface area contributed by atoms with Crippen molar-refractivity contribution in [3.8, 4) is 5.75 Å². The maximum absolute atomic E-state index is 14.0. The monoisotopic (exact) mass is 467 g/mol. The lowest BCUT2D eigenvalue weighted by Gasteiger charge is -2.31. The van der Waals surface area contributed by atoms with Gasteiger partial charge < -0.3 is 9.47 Å². The summed E-state index contributed by atoms with van der Waals surface area (Å²) >= 11 is 0. The molecule has 0 aromatic heterocycles. The third kappa shape index (κ3) is 5.28. The molecule has 2 aliphatic heterocycles. The van der Waals surface area contributed by atoms with Gasteiger partial charge in [-0.1, -0.05) is 24.3 Å². The van der Waals surface area contributed by atoms with E-state index in [1.807, 2.05) is 35.2 Å². The Morgan fingerprint density at radius 3 is 2.59 bits per heavy atom. The van der Waals surface area contributed by atoms with Gasteiger partial charge in [0.15, 0.2) is 0 Å². The summed E-state index contributed by atoms with van der Waals surface area (Å²) in [4.78, 5) is 27.4. The number of carbonyl (C=O) groups is 2. The number of benzene rings is 2. The van der Waals surface area contributed by atoms with Gasteiger partial charge in [-0.25, -0.2) is 9.40 Å². The average Bonchev–Trinajstić information content (AvgIpc) is 3.30. The Morgan fingerprint density at radius 2 is 1.88 bits per heavy atom. The van der Waals surface area contributed by atoms with Gasteiger partial charge in [0.1, 0.15) is 11.6 Å². The fourth-order valence-corrected chi connectivity index (χ4v) is 4.61. The number of halogens is 1. The zero-order chi connectivity index (χ0) is 24.1. The number of hydrazone groups is 1. The van der Waals surface area contributed by atoms with E-state index in [0.717, 1.165) is 11.3 Å². The molecule has 0 N–H and O–H groups in total. The molecule has 0 saturated carbocycles. The Labute approximate surface area is 199 Å². The summed E-state index contributed by atoms with van der Waals surface area (Å²) in [5, 5.41) is 6.16. The Kier molecular flexibility index (Phi) is 7.57. The number of esters is 1. The SMILES string of the molecule is CCOC(=O)C1CCN(CC(=O)N2N=C(c3ccccc3OC)C[C@@H]2c2cccc(F)c2)CC1. The number of carbonyl (C=O) groups excluding carboxylic acids is 2. The summed E-state index contributed by atoms with van der Waals surface area (Å²) < 4.78 is 24.6. The summed E-state index contributed by atoms with van der Waals surface area (Å²) in [6.45, 7) is 3.63. The second kappa shape index (κ2) is 10.8. The Balaban J connectivity index is 1.52. The van der Waals surface area contributed by atoms with Crippen LogP contribution in [-0.4, -0.2) is 60.8 Å². The van der Waals surface area contributed by atoms with Gasteiger partial charge in [-0.2, -0.15) is 5.10 Å². The van der Waals surface area contributed by atoms with E-state index in [4.69, 9.17) is 9.47 Å². The molecule has 0 spiro atoms. The summed E-state index contributed by atoms with van der Waals surface area (Å²) in [6, 6.07) is 13.5. The number of rotatable bonds is 7. The highest BCUT2D eigenvalue weighted by atomic mass is 19.1. The molecule has 4 rings (SSSR count). The first kappa shape index (κ1) is 23.9. The number of likely N-dealkylation sites (tertiary alicyclic amines) is 1. The van der Waals surface area contributed by atoms with Crippen molar-refractivity contribution in [2.45, 2.75) is 32.2 Å². The minimum Gasteiger partial charge on any atom is -0.496 e. The molecule has 0 bridgehead atoms. The summed E-state index contributed by atoms with van der Waals surface area (Å²) in [7, 11) is 1.60. The lowest BCUT2D eigenvalue weighted by atomic mass is 9.96. The van der Waals surface area contributed by atoms with Crippen molar-refractivity contribution in [3.63, 3.8) is 0 Å². The number of para-hydroxylation sites is 1. The molecule has 1 saturated heterocycles. The van der Waals surface area contributed by atoms with E-state index >= 15 is 0 Å². The fourth-order valence-electron chi connectivity index (χ4n) is 4.61. The van der Waals surface area contributed by atoms with Crippen LogP contribution in [-0.2, 0) is 14.3 Å². The molecule has 1 amide bonds. The highest BCUT2D eigenvalue weighted by Gasteiger charge is 2.35. The van der Waals surface area contributed by atoms with Crippen molar-refractivity contribution in [1.82, 2.24) is 9.91 Å². The Hall–Kier alpha value is -3.26. The van der Waals surface area contributed by atoms with Crippen LogP contribution in [0.5, 0.6) is 5.75 Å². The van der Waals surface area contributed by atoms with Crippen LogP contribution in [0.4, 0.5) is 4.39 Å². The minimum atomic E-state index is -0.403. The van der Waals surface area contributed by atoms with Crippen molar-refractivity contribution in [2.24, 2.45) is 11.0 Å². The number of piperidine rings is 1. The molecule has 1 fully saturated rings. The number of ether oxygens (including phenoxy) is 2. The number of hydrogen-bond acceptors (Lipinski definition) is 6. The molecule has 2 heterocycles. The molecule has 2 aliphatic rings. The minimum absolute atomic E-state index is 0.117. The Morgan fingerprint density at radius 1 is 1.12 bits per heavy atom. The van der Waals surface area contributed by atoms with E-state index in [0.29, 0.717) is 50.3 Å². The van der Waals surface area contributed by atoms with E-state index in [-0.39, 0.29) is 30.2 Å². The third-order valence-corrected chi connectivity index (χ3v) is 6.38. The average molecular weight is 468 g/mol. The van der Waals surface area contributed by atoms with Crippen LogP contribution < -0.4 is 4.74 Å². The van der Waals surface area contributed by atoms with Crippen molar-refractivity contribution in [2.75, 3.05) is 33.4 Å². The van der Waals surface area contributed by atoms with Crippen LogP contribution in [0.25, 0.3) is 0 Å². The number of nitrogens with zero attached hydrogens (tertiary/aromatic N) is 3. The molecular formula is C26H30FN3O4. The smallest absolute Gasteiger partial charge is 0.309 e. The molecule has 0 unspecified atom stereocenters. The van der Waals surface area contributed by atoms with Crippen molar-refractivity contribution >= 4 is 17.6 Å². The number of amides is 1. The Bertz CT molecular complexity index is 1070. The van der Waals surface area contributed by atoms with E-state index < -0.39 is 6.04 Å². The van der Waals surface area contributed by atoms with Crippen LogP contribution in [0.15, 0.2) is 53.6 Å². The summed E-state index contributed by atoms with van der Waals surface area (Å²) in [5.41, 5.74) is 2.24. The molecule has 34 heavy (non-hydrogen) atoms. The molecule has 1 atom stereocenters. The zero-order valence-corrected chi connectivity index (χ0v) is 19.6. The van der Waals surface area contributed by atoms with Gasteiger partial charge in [-0.15, -0.1) is 0 Å². The molecule has 7 nitrogen and oxygen atoms in total. The van der Waals surface area contributed by atoms with Gasteiger partial charge in [0, 0.05) is 12.0 Å². The first-order valence-electron chi connectivity index (χ1n) is 11.7. The summed E-state index contributed by atoms with van der Waals surface area (Å²) in [5.74, 6) is -0.112. The van der Waals surface area contributed by atoms with Crippen molar-refractivity contribution < 1.29 is 23.5 Å². The number of methoxy groups -OCH3 is 1. The van der Waals surface area contributed by atoms with E-state index in [1.54, 1.807) is 20.1 Å². The normalized spacial score (nSPS) is 19.1. The van der Waals surface area contributed by atoms with Crippen LogP contribution in [0.3, 0.4) is 0 Å². The maximum Gasteiger partial charge on any atom is 0.309 e. The van der Waals surface area contributed by atoms with E-state index in [1.165, 1.54) is 17.1 Å². The van der Waals surface area contributed by atoms with E-state index in [9.17, 15) is 14.0 Å². The predicted octanol–water partition coefficient (Wildman–Crippen LogP) is 3.79. The van der Waals surface area contributed by atoms with Crippen LogP contribution in [0, 0.1) is 11.7 Å². The molecule has 2 aromatic rings. The second-order valence-corrected chi connectivity index (χ2v) is 8.56. The zero-order valence-electron chi connectivity index (χ0n) is 19.6. The van der Waals surface area contributed by atoms with Gasteiger partial charge in [0.25, 0.3) is 5.91 Å². The first-order valence-corrected chi connectivity index (χ1v) is 11.7. The largest absolute Gasteiger partial charge is 0.496 e. The van der Waals surface area contributed by atoms with E-state index in [2.05, 4.69) is 5.10 Å². The van der Waals surface area contributed by atoms with Crippen molar-refractivity contribution in [1.29, 1.82) is 0 Å². The van der Waals surface area contributed by atoms with Crippen LogP contribution in [0.2, 0.25) is 0 Å². The molecule has 0 radical (unpaired) electrons. The lowest BCUT2D eigenvalue weighted by molar-refractivity contribution is -0.149. The quantitative estimate of drug-likeness (QED) is 0.580. The summed E-state index contributed by atoms with van der Waals surface area (Å²) in [6.07, 6.45) is 1.78. The topological polar surface area (TPSA) is 71.4 Å². The van der Waals surface area contributed by atoms with Gasteiger partial charge >= 0.3 is 5.97 Å².